The standard InChI is InChI=1S/C15H24N2O4S.ClH/c1-15(2)10-17(6-5-14(15)16)22(18,19)13-8-11(20-3)7-12(9-13)21-4;/h7-9,14H,5-6,10,16H2,1-4H3;1H. The normalized spacial score (nSPS) is 21.3. The molecule has 1 aromatic rings. The Bertz CT molecular complexity index is 627. The molecule has 1 unspecified atom stereocenters. The van der Waals surface area contributed by atoms with Gasteiger partial charge in [-0.1, -0.05) is 13.8 Å². The van der Waals surface area contributed by atoms with Gasteiger partial charge in [0.25, 0.3) is 0 Å². The zero-order valence-corrected chi connectivity index (χ0v) is 15.5. The van der Waals surface area contributed by atoms with Crippen LogP contribution in [-0.2, 0) is 10.0 Å². The first-order valence-corrected chi connectivity index (χ1v) is 8.63. The van der Waals surface area contributed by atoms with Crippen LogP contribution in [0.1, 0.15) is 20.3 Å². The molecule has 8 heteroatoms. The summed E-state index contributed by atoms with van der Waals surface area (Å²) >= 11 is 0. The highest BCUT2D eigenvalue weighted by atomic mass is 35.5. The smallest absolute Gasteiger partial charge is 0.243 e. The van der Waals surface area contributed by atoms with Gasteiger partial charge in [0, 0.05) is 37.3 Å². The van der Waals surface area contributed by atoms with Crippen LogP contribution in [0, 0.1) is 5.41 Å². The molecule has 1 aromatic carbocycles. The fourth-order valence-corrected chi connectivity index (χ4v) is 4.29. The average Bonchev–Trinajstić information content (AvgIpc) is 2.49. The second-order valence-electron chi connectivity index (χ2n) is 6.27. The van der Waals surface area contributed by atoms with Gasteiger partial charge in [-0.05, 0) is 11.8 Å². The maximum atomic E-state index is 12.9. The second-order valence-corrected chi connectivity index (χ2v) is 8.21. The predicted octanol–water partition coefficient (Wildman–Crippen LogP) is 1.87. The Balaban J connectivity index is 0.00000264. The molecule has 2 rings (SSSR count). The van der Waals surface area contributed by atoms with E-state index in [4.69, 9.17) is 15.2 Å². The number of piperidine rings is 1. The summed E-state index contributed by atoms with van der Waals surface area (Å²) in [6.45, 7) is 4.81. The van der Waals surface area contributed by atoms with Crippen molar-refractivity contribution in [2.45, 2.75) is 31.2 Å². The number of nitrogens with zero attached hydrogens (tertiary/aromatic N) is 1. The summed E-state index contributed by atoms with van der Waals surface area (Å²) in [5.41, 5.74) is 5.83. The van der Waals surface area contributed by atoms with Crippen molar-refractivity contribution in [1.82, 2.24) is 4.31 Å². The Morgan fingerprint density at radius 3 is 2.13 bits per heavy atom. The van der Waals surface area contributed by atoms with E-state index in [0.29, 0.717) is 31.0 Å². The summed E-state index contributed by atoms with van der Waals surface area (Å²) in [6.07, 6.45) is 0.646. The van der Waals surface area contributed by atoms with Crippen LogP contribution >= 0.6 is 12.4 Å². The average molecular weight is 365 g/mol. The number of halogens is 1. The largest absolute Gasteiger partial charge is 0.497 e. The topological polar surface area (TPSA) is 81.9 Å². The van der Waals surface area contributed by atoms with Gasteiger partial charge in [0.1, 0.15) is 11.5 Å². The Hall–Kier alpha value is -1.02. The number of sulfonamides is 1. The van der Waals surface area contributed by atoms with Gasteiger partial charge >= 0.3 is 0 Å². The van der Waals surface area contributed by atoms with E-state index in [1.165, 1.54) is 30.7 Å². The maximum absolute atomic E-state index is 12.9. The lowest BCUT2D eigenvalue weighted by molar-refractivity contribution is 0.155. The Labute approximate surface area is 144 Å². The monoisotopic (exact) mass is 364 g/mol. The molecule has 1 fully saturated rings. The van der Waals surface area contributed by atoms with E-state index in [9.17, 15) is 8.42 Å². The first-order chi connectivity index (χ1) is 10.2. The van der Waals surface area contributed by atoms with Crippen molar-refractivity contribution in [3.63, 3.8) is 0 Å². The summed E-state index contributed by atoms with van der Waals surface area (Å²) in [6, 6.07) is 4.67. The minimum absolute atomic E-state index is 0. The second kappa shape index (κ2) is 7.25. The molecular formula is C15H25ClN2O4S. The highest BCUT2D eigenvalue weighted by Gasteiger charge is 2.39. The number of ether oxygens (including phenoxy) is 2. The minimum Gasteiger partial charge on any atom is -0.497 e. The first-order valence-electron chi connectivity index (χ1n) is 7.19. The van der Waals surface area contributed by atoms with Crippen molar-refractivity contribution in [3.8, 4) is 11.5 Å². The van der Waals surface area contributed by atoms with Crippen LogP contribution in [0.2, 0.25) is 0 Å². The van der Waals surface area contributed by atoms with E-state index < -0.39 is 10.0 Å². The molecule has 1 aliphatic heterocycles. The van der Waals surface area contributed by atoms with Crippen LogP contribution in [0.25, 0.3) is 0 Å². The van der Waals surface area contributed by atoms with E-state index in [-0.39, 0.29) is 28.8 Å². The summed E-state index contributed by atoms with van der Waals surface area (Å²) < 4.78 is 37.6. The summed E-state index contributed by atoms with van der Waals surface area (Å²) in [7, 11) is -0.615. The number of benzene rings is 1. The molecule has 1 aliphatic rings. The summed E-state index contributed by atoms with van der Waals surface area (Å²) in [4.78, 5) is 0.176. The van der Waals surface area contributed by atoms with E-state index in [1.807, 2.05) is 13.8 Å². The maximum Gasteiger partial charge on any atom is 0.243 e. The van der Waals surface area contributed by atoms with E-state index in [2.05, 4.69) is 0 Å². The van der Waals surface area contributed by atoms with Gasteiger partial charge in [0.2, 0.25) is 10.0 Å². The molecule has 132 valence electrons. The molecule has 0 aliphatic carbocycles. The van der Waals surface area contributed by atoms with E-state index in [0.717, 1.165) is 0 Å². The third-order valence-corrected chi connectivity index (χ3v) is 6.06. The lowest BCUT2D eigenvalue weighted by atomic mass is 9.81. The quantitative estimate of drug-likeness (QED) is 0.882. The van der Waals surface area contributed by atoms with E-state index >= 15 is 0 Å². The van der Waals surface area contributed by atoms with Gasteiger partial charge < -0.3 is 15.2 Å². The van der Waals surface area contributed by atoms with Crippen molar-refractivity contribution < 1.29 is 17.9 Å². The molecule has 0 radical (unpaired) electrons. The molecule has 0 aromatic heterocycles. The highest BCUT2D eigenvalue weighted by molar-refractivity contribution is 7.89. The molecule has 1 saturated heterocycles. The van der Waals surface area contributed by atoms with Crippen LogP contribution in [0.4, 0.5) is 0 Å². The van der Waals surface area contributed by atoms with Gasteiger partial charge in [-0.2, -0.15) is 4.31 Å². The van der Waals surface area contributed by atoms with Crippen LogP contribution in [0.3, 0.4) is 0 Å². The lowest BCUT2D eigenvalue weighted by Crippen LogP contribution is -2.53. The number of hydrogen-bond acceptors (Lipinski definition) is 5. The van der Waals surface area contributed by atoms with Gasteiger partial charge in [-0.3, -0.25) is 0 Å². The number of rotatable bonds is 4. The Morgan fingerprint density at radius 2 is 1.70 bits per heavy atom. The Morgan fingerprint density at radius 1 is 1.17 bits per heavy atom. The fourth-order valence-electron chi connectivity index (χ4n) is 2.61. The van der Waals surface area contributed by atoms with Crippen LogP contribution in [-0.4, -0.2) is 46.1 Å². The van der Waals surface area contributed by atoms with Crippen molar-refractivity contribution in [3.05, 3.63) is 18.2 Å². The SMILES string of the molecule is COc1cc(OC)cc(S(=O)(=O)N2CCC(N)C(C)(C)C2)c1.Cl. The summed E-state index contributed by atoms with van der Waals surface area (Å²) in [5.74, 6) is 0.900. The minimum atomic E-state index is -3.60. The molecular weight excluding hydrogens is 340 g/mol. The molecule has 1 heterocycles. The molecule has 2 N–H and O–H groups in total. The van der Waals surface area contributed by atoms with Crippen molar-refractivity contribution in [2.24, 2.45) is 11.1 Å². The van der Waals surface area contributed by atoms with Gasteiger partial charge in [0.05, 0.1) is 19.1 Å². The molecule has 0 amide bonds. The third-order valence-electron chi connectivity index (χ3n) is 4.24. The third kappa shape index (κ3) is 4.09. The van der Waals surface area contributed by atoms with Gasteiger partial charge in [0.15, 0.2) is 0 Å². The predicted molar refractivity (Wildman–Crippen MR) is 91.9 cm³/mol. The van der Waals surface area contributed by atoms with Crippen molar-refractivity contribution in [1.29, 1.82) is 0 Å². The van der Waals surface area contributed by atoms with Crippen LogP contribution in [0.15, 0.2) is 23.1 Å². The molecule has 23 heavy (non-hydrogen) atoms. The van der Waals surface area contributed by atoms with Gasteiger partial charge in [-0.25, -0.2) is 8.42 Å². The zero-order valence-electron chi connectivity index (χ0n) is 13.9. The number of nitrogens with two attached hydrogens (primary N) is 1. The molecule has 1 atom stereocenters. The highest BCUT2D eigenvalue weighted by Crippen LogP contribution is 2.33. The number of hydrogen-bond donors (Lipinski definition) is 1. The van der Waals surface area contributed by atoms with Crippen LogP contribution in [0.5, 0.6) is 11.5 Å². The Kier molecular flexibility index (Phi) is 6.32. The van der Waals surface area contributed by atoms with Crippen molar-refractivity contribution >= 4 is 22.4 Å². The number of methoxy groups -OCH3 is 2. The molecule has 6 nitrogen and oxygen atoms in total. The molecule has 0 spiro atoms. The van der Waals surface area contributed by atoms with Crippen LogP contribution < -0.4 is 15.2 Å². The molecule has 0 bridgehead atoms. The summed E-state index contributed by atoms with van der Waals surface area (Å²) in [5, 5.41) is 0. The van der Waals surface area contributed by atoms with E-state index in [1.54, 1.807) is 6.07 Å². The van der Waals surface area contributed by atoms with Crippen molar-refractivity contribution in [2.75, 3.05) is 27.3 Å². The van der Waals surface area contributed by atoms with Gasteiger partial charge in [-0.15, -0.1) is 12.4 Å². The molecule has 0 saturated carbocycles. The first kappa shape index (κ1) is 20.0. The zero-order chi connectivity index (χ0) is 16.5. The lowest BCUT2D eigenvalue weighted by Gasteiger charge is -2.41. The fraction of sp³-hybridized carbons (Fsp3) is 0.600.